The number of aromatic nitrogens is 4. The molecule has 1 N–H and O–H groups in total. The fraction of sp³-hybridized carbons (Fsp3) is 0.583. The average molecular weight is 279 g/mol. The first-order chi connectivity index (χ1) is 9.34. The maximum atomic E-state index is 5.35. The molecule has 1 aliphatic rings. The molecule has 102 valence electrons. The van der Waals surface area contributed by atoms with Crippen LogP contribution in [0.25, 0.3) is 0 Å². The highest BCUT2D eigenvalue weighted by atomic mass is 32.2. The minimum atomic E-state index is 0.232. The summed E-state index contributed by atoms with van der Waals surface area (Å²) in [6.45, 7) is 2.99. The molecule has 3 rings (SSSR count). The largest absolute Gasteiger partial charge is 0.468 e. The number of nitrogens with zero attached hydrogens (tertiary/aromatic N) is 4. The Morgan fingerprint density at radius 2 is 2.47 bits per heavy atom. The molecule has 0 bridgehead atoms. The van der Waals surface area contributed by atoms with Crippen LogP contribution < -0.4 is 5.32 Å². The molecule has 0 amide bonds. The molecule has 19 heavy (non-hydrogen) atoms. The lowest BCUT2D eigenvalue weighted by atomic mass is 10.2. The fourth-order valence-electron chi connectivity index (χ4n) is 1.88. The van der Waals surface area contributed by atoms with E-state index >= 15 is 0 Å². The highest BCUT2D eigenvalue weighted by molar-refractivity contribution is 7.99. The Morgan fingerprint density at radius 3 is 3.21 bits per heavy atom. The number of rotatable bonds is 7. The van der Waals surface area contributed by atoms with Gasteiger partial charge in [-0.25, -0.2) is 4.68 Å². The third kappa shape index (κ3) is 3.16. The van der Waals surface area contributed by atoms with Crippen molar-refractivity contribution in [2.75, 3.05) is 12.3 Å². The van der Waals surface area contributed by atoms with Gasteiger partial charge in [0.05, 0.1) is 18.3 Å². The topological polar surface area (TPSA) is 68.8 Å². The number of hydrogen-bond donors (Lipinski definition) is 1. The first-order valence-electron chi connectivity index (χ1n) is 6.52. The molecule has 0 saturated heterocycles. The fourth-order valence-corrected chi connectivity index (χ4v) is 2.70. The normalized spacial score (nSPS) is 16.7. The molecule has 1 aliphatic carbocycles. The standard InChI is InChI=1S/C12H17N5OS/c1-9(11-3-2-7-18-11)13-6-8-19-12-14-15-16-17(12)10-4-5-10/h2-3,7,9-10,13H,4-6,8H2,1H3. The van der Waals surface area contributed by atoms with Gasteiger partial charge < -0.3 is 9.73 Å². The number of nitrogens with one attached hydrogen (secondary N) is 1. The molecule has 1 unspecified atom stereocenters. The van der Waals surface area contributed by atoms with Crippen LogP contribution in [0.5, 0.6) is 0 Å². The molecule has 6 nitrogen and oxygen atoms in total. The summed E-state index contributed by atoms with van der Waals surface area (Å²) in [5.74, 6) is 1.91. The highest BCUT2D eigenvalue weighted by Crippen LogP contribution is 2.36. The van der Waals surface area contributed by atoms with Gasteiger partial charge in [-0.05, 0) is 42.3 Å². The maximum Gasteiger partial charge on any atom is 0.209 e. The number of furan rings is 1. The van der Waals surface area contributed by atoms with E-state index in [0.717, 1.165) is 23.2 Å². The third-order valence-corrected chi connectivity index (χ3v) is 4.04. The zero-order valence-electron chi connectivity index (χ0n) is 10.8. The van der Waals surface area contributed by atoms with E-state index in [1.807, 2.05) is 16.8 Å². The lowest BCUT2D eigenvalue weighted by molar-refractivity contribution is 0.438. The first kappa shape index (κ1) is 12.7. The van der Waals surface area contributed by atoms with Crippen LogP contribution >= 0.6 is 11.8 Å². The summed E-state index contributed by atoms with van der Waals surface area (Å²) >= 11 is 1.70. The van der Waals surface area contributed by atoms with Gasteiger partial charge in [-0.15, -0.1) is 5.10 Å². The van der Waals surface area contributed by atoms with Gasteiger partial charge in [0.25, 0.3) is 0 Å². The van der Waals surface area contributed by atoms with Crippen molar-refractivity contribution in [3.63, 3.8) is 0 Å². The van der Waals surface area contributed by atoms with Gasteiger partial charge in [0, 0.05) is 12.3 Å². The van der Waals surface area contributed by atoms with Gasteiger partial charge in [-0.3, -0.25) is 0 Å². The molecule has 2 aromatic rings. The quantitative estimate of drug-likeness (QED) is 0.618. The number of tetrazole rings is 1. The zero-order chi connectivity index (χ0) is 13.1. The van der Waals surface area contributed by atoms with Crippen LogP contribution in [0.1, 0.15) is 37.6 Å². The van der Waals surface area contributed by atoms with Crippen LogP contribution in [0.4, 0.5) is 0 Å². The van der Waals surface area contributed by atoms with Crippen molar-refractivity contribution in [3.05, 3.63) is 24.2 Å². The minimum Gasteiger partial charge on any atom is -0.468 e. The molecule has 2 aromatic heterocycles. The Hall–Kier alpha value is -1.34. The monoisotopic (exact) mass is 279 g/mol. The van der Waals surface area contributed by atoms with Crippen LogP contribution in [-0.4, -0.2) is 32.5 Å². The van der Waals surface area contributed by atoms with Crippen LogP contribution in [-0.2, 0) is 0 Å². The SMILES string of the molecule is CC(NCCSc1nnnn1C1CC1)c1ccco1. The smallest absolute Gasteiger partial charge is 0.209 e. The van der Waals surface area contributed by atoms with Crippen molar-refractivity contribution in [1.82, 2.24) is 25.5 Å². The Bertz CT molecular complexity index is 508. The summed E-state index contributed by atoms with van der Waals surface area (Å²) in [4.78, 5) is 0. The van der Waals surface area contributed by atoms with Crippen LogP contribution in [0.3, 0.4) is 0 Å². The predicted octanol–water partition coefficient (Wildman–Crippen LogP) is 2.04. The summed E-state index contributed by atoms with van der Waals surface area (Å²) in [5, 5.41) is 16.2. The van der Waals surface area contributed by atoms with Crippen molar-refractivity contribution in [2.24, 2.45) is 0 Å². The molecule has 0 spiro atoms. The molecular formula is C12H17N5OS. The molecule has 1 fully saturated rings. The number of hydrogen-bond acceptors (Lipinski definition) is 6. The van der Waals surface area contributed by atoms with Crippen molar-refractivity contribution in [3.8, 4) is 0 Å². The van der Waals surface area contributed by atoms with Crippen molar-refractivity contribution in [1.29, 1.82) is 0 Å². The second kappa shape index (κ2) is 5.75. The predicted molar refractivity (Wildman–Crippen MR) is 71.9 cm³/mol. The van der Waals surface area contributed by atoms with E-state index in [9.17, 15) is 0 Å². The molecule has 1 saturated carbocycles. The van der Waals surface area contributed by atoms with Gasteiger partial charge in [0.1, 0.15) is 5.76 Å². The van der Waals surface area contributed by atoms with Crippen molar-refractivity contribution < 1.29 is 4.42 Å². The molecule has 2 heterocycles. The van der Waals surface area contributed by atoms with E-state index in [1.165, 1.54) is 12.8 Å². The first-order valence-corrected chi connectivity index (χ1v) is 7.50. The van der Waals surface area contributed by atoms with E-state index in [-0.39, 0.29) is 6.04 Å². The Morgan fingerprint density at radius 1 is 1.58 bits per heavy atom. The van der Waals surface area contributed by atoms with Crippen molar-refractivity contribution >= 4 is 11.8 Å². The Kier molecular flexibility index (Phi) is 3.84. The van der Waals surface area contributed by atoms with Crippen LogP contribution in [0.2, 0.25) is 0 Å². The van der Waals surface area contributed by atoms with E-state index in [2.05, 4.69) is 27.8 Å². The summed E-state index contributed by atoms with van der Waals surface area (Å²) < 4.78 is 7.30. The zero-order valence-corrected chi connectivity index (χ0v) is 11.6. The van der Waals surface area contributed by atoms with Crippen LogP contribution in [0, 0.1) is 0 Å². The van der Waals surface area contributed by atoms with Gasteiger partial charge in [0.15, 0.2) is 0 Å². The molecule has 1 atom stereocenters. The van der Waals surface area contributed by atoms with Gasteiger partial charge in [-0.2, -0.15) is 0 Å². The van der Waals surface area contributed by atoms with Gasteiger partial charge in [0.2, 0.25) is 5.16 Å². The van der Waals surface area contributed by atoms with Crippen molar-refractivity contribution in [2.45, 2.75) is 37.0 Å². The lowest BCUT2D eigenvalue weighted by Crippen LogP contribution is -2.21. The molecule has 0 aliphatic heterocycles. The molecule has 0 aromatic carbocycles. The third-order valence-electron chi connectivity index (χ3n) is 3.11. The Balaban J connectivity index is 1.42. The van der Waals surface area contributed by atoms with E-state index in [4.69, 9.17) is 4.42 Å². The maximum absolute atomic E-state index is 5.35. The second-order valence-electron chi connectivity index (χ2n) is 4.68. The summed E-state index contributed by atoms with van der Waals surface area (Å²) in [5.41, 5.74) is 0. The van der Waals surface area contributed by atoms with Gasteiger partial charge >= 0.3 is 0 Å². The summed E-state index contributed by atoms with van der Waals surface area (Å²) in [7, 11) is 0. The Labute approximate surface area is 115 Å². The highest BCUT2D eigenvalue weighted by Gasteiger charge is 2.27. The molecule has 7 heteroatoms. The van der Waals surface area contributed by atoms with E-state index < -0.39 is 0 Å². The second-order valence-corrected chi connectivity index (χ2v) is 5.74. The minimum absolute atomic E-state index is 0.232. The lowest BCUT2D eigenvalue weighted by Gasteiger charge is -2.10. The average Bonchev–Trinajstić information content (AvgIpc) is 2.95. The van der Waals surface area contributed by atoms with E-state index in [1.54, 1.807) is 18.0 Å². The van der Waals surface area contributed by atoms with Gasteiger partial charge in [-0.1, -0.05) is 11.8 Å². The molecule has 0 radical (unpaired) electrons. The number of thioether (sulfide) groups is 1. The summed E-state index contributed by atoms with van der Waals surface area (Å²) in [6.07, 6.45) is 4.10. The van der Waals surface area contributed by atoms with E-state index in [0.29, 0.717) is 6.04 Å². The summed E-state index contributed by atoms with van der Waals surface area (Å²) in [6, 6.07) is 4.66. The molecular weight excluding hydrogens is 262 g/mol. The van der Waals surface area contributed by atoms with Crippen LogP contribution in [0.15, 0.2) is 28.0 Å².